The van der Waals surface area contributed by atoms with Crippen LogP contribution in [0.1, 0.15) is 197 Å². The van der Waals surface area contributed by atoms with Crippen LogP contribution >= 0.6 is 0 Å². The van der Waals surface area contributed by atoms with Crippen molar-refractivity contribution in [2.75, 3.05) is 0 Å². The first-order chi connectivity index (χ1) is 29.5. The predicted octanol–water partition coefficient (Wildman–Crippen LogP) is 6.41. The summed E-state index contributed by atoms with van der Waals surface area (Å²) in [6.45, 7) is 18.2. The number of amides is 2. The van der Waals surface area contributed by atoms with Gasteiger partial charge in [-0.05, 0) is 108 Å². The van der Waals surface area contributed by atoms with Gasteiger partial charge in [-0.3, -0.25) is 14.4 Å². The van der Waals surface area contributed by atoms with Crippen molar-refractivity contribution in [2.45, 2.75) is 165 Å². The van der Waals surface area contributed by atoms with E-state index in [1.165, 1.54) is 12.1 Å². The van der Waals surface area contributed by atoms with Crippen molar-refractivity contribution >= 4 is 60.7 Å². The molecule has 4 aliphatic rings. The minimum absolute atomic E-state index is 0. The molecular formula is C50H65ClMgN2O10S2. The Morgan fingerprint density at radius 2 is 1.06 bits per heavy atom. The zero-order valence-corrected chi connectivity index (χ0v) is 43.7. The van der Waals surface area contributed by atoms with Crippen molar-refractivity contribution < 1.29 is 57.6 Å². The van der Waals surface area contributed by atoms with Gasteiger partial charge in [-0.25, -0.2) is 9.44 Å². The summed E-state index contributed by atoms with van der Waals surface area (Å²) in [6.07, 6.45) is 4.87. The molecule has 0 aliphatic heterocycles. The van der Waals surface area contributed by atoms with Crippen LogP contribution < -0.4 is 21.9 Å². The van der Waals surface area contributed by atoms with E-state index in [1.54, 1.807) is 6.92 Å². The van der Waals surface area contributed by atoms with E-state index < -0.39 is 37.5 Å². The third-order valence-corrected chi connectivity index (χ3v) is 16.2. The van der Waals surface area contributed by atoms with Crippen LogP contribution in [-0.4, -0.2) is 62.6 Å². The fourth-order valence-electron chi connectivity index (χ4n) is 10.5. The smallest absolute Gasteiger partial charge is 1.00 e. The van der Waals surface area contributed by atoms with E-state index in [0.717, 1.165) is 71.9 Å². The Morgan fingerprint density at radius 3 is 1.52 bits per heavy atom. The summed E-state index contributed by atoms with van der Waals surface area (Å²) in [5.74, 6) is 0.852. The Labute approximate surface area is 413 Å². The third kappa shape index (κ3) is 10.9. The van der Waals surface area contributed by atoms with Gasteiger partial charge in [0.25, 0.3) is 20.0 Å². The van der Waals surface area contributed by atoms with E-state index >= 15 is 0 Å². The van der Waals surface area contributed by atoms with E-state index in [4.69, 9.17) is 8.83 Å². The summed E-state index contributed by atoms with van der Waals surface area (Å²) in [5, 5.41) is 10.3. The average Bonchev–Trinajstić information content (AvgIpc) is 4.02. The number of rotatable bonds is 12. The molecule has 16 heteroatoms. The van der Waals surface area contributed by atoms with Crippen molar-refractivity contribution in [1.82, 2.24) is 9.44 Å². The maximum atomic E-state index is 13.0. The largest absolute Gasteiger partial charge is 2.00 e. The number of benzene rings is 2. The van der Waals surface area contributed by atoms with Crippen molar-refractivity contribution in [3.63, 3.8) is 0 Å². The number of nitrogens with one attached hydrogen (secondary N) is 2. The van der Waals surface area contributed by atoms with Crippen molar-refractivity contribution in [3.05, 3.63) is 112 Å². The molecule has 5 unspecified atom stereocenters. The van der Waals surface area contributed by atoms with Gasteiger partial charge in [-0.1, -0.05) is 91.8 Å². The molecule has 2 saturated carbocycles. The molecular weight excluding hydrogens is 912 g/mol. The Balaban J connectivity index is 0.000000276. The van der Waals surface area contributed by atoms with Gasteiger partial charge in [0.1, 0.15) is 11.5 Å². The number of carbonyl (C=O) groups excluding carboxylic acids is 3. The van der Waals surface area contributed by atoms with Gasteiger partial charge in [0.2, 0.25) is 22.0 Å². The van der Waals surface area contributed by atoms with Gasteiger partial charge in [0.05, 0.1) is 24.0 Å². The van der Waals surface area contributed by atoms with E-state index in [-0.39, 0.29) is 119 Å². The maximum Gasteiger partial charge on any atom is 2.00 e. The van der Waals surface area contributed by atoms with Crippen molar-refractivity contribution in [1.29, 1.82) is 0 Å². The molecule has 8 rings (SSSR count). The van der Waals surface area contributed by atoms with Crippen LogP contribution in [0.5, 0.6) is 0 Å². The molecule has 2 aromatic heterocycles. The Kier molecular flexibility index (Phi) is 17.6. The van der Waals surface area contributed by atoms with Gasteiger partial charge in [0.15, 0.2) is 5.78 Å². The molecule has 2 fully saturated rings. The van der Waals surface area contributed by atoms with Gasteiger partial charge in [-0.15, -0.1) is 0 Å². The molecule has 4 bridgehead atoms. The monoisotopic (exact) mass is 976 g/mol. The molecule has 5 atom stereocenters. The second-order valence-electron chi connectivity index (χ2n) is 19.5. The number of carbonyl (C=O) groups is 3. The van der Waals surface area contributed by atoms with Gasteiger partial charge in [0, 0.05) is 35.4 Å². The van der Waals surface area contributed by atoms with Crippen molar-refractivity contribution in [3.8, 4) is 0 Å². The number of Topliss-reactive ketones (excluding diaryl/α,β-unsaturated/α-hetero) is 1. The van der Waals surface area contributed by atoms with Crippen LogP contribution in [0.3, 0.4) is 0 Å². The fraction of sp³-hybridized carbons (Fsp3) is 0.520. The topological polar surface area (TPSA) is 190 Å². The molecule has 0 saturated heterocycles. The first-order valence-electron chi connectivity index (χ1n) is 22.4. The normalized spacial score (nSPS) is 21.6. The fourth-order valence-corrected chi connectivity index (χ4v) is 12.4. The molecule has 12 nitrogen and oxygen atoms in total. The number of sulfonamides is 2. The first-order valence-corrected chi connectivity index (χ1v) is 25.4. The summed E-state index contributed by atoms with van der Waals surface area (Å²) >= 11 is 0. The second-order valence-corrected chi connectivity index (χ2v) is 22.7. The summed E-state index contributed by atoms with van der Waals surface area (Å²) in [4.78, 5) is 38.2. The number of hydrogen-bond donors (Lipinski definition) is 3. The van der Waals surface area contributed by atoms with E-state index in [1.807, 2.05) is 36.4 Å². The van der Waals surface area contributed by atoms with Crippen LogP contribution in [0, 0.1) is 19.3 Å². The Hall–Kier alpha value is -3.47. The minimum Gasteiger partial charge on any atom is -1.00 e. The van der Waals surface area contributed by atoms with Gasteiger partial charge in [-0.2, -0.15) is 16.8 Å². The molecule has 0 spiro atoms. The molecule has 4 aromatic rings. The van der Waals surface area contributed by atoms with Crippen LogP contribution in [-0.2, 0) is 48.1 Å². The molecule has 2 aromatic carbocycles. The molecule has 2 amide bonds. The SMILES string of the molecule is CC(C)c1cccc(C(C)C)c1CC(=O)NS(=O)(=O)c1cc2c(o1)C1CCC(C1)C2(C)O.CC(C)c1cccc(C(C)C)c1CC(=O)NS(=O)(=O)c1cc2c(o1)C1CCC(C1)C2=O.[CH3-].[Cl-].[Mg+2]. The molecule has 4 aliphatic carbocycles. The molecule has 3 N–H and O–H groups in total. The number of aliphatic hydroxyl groups is 1. The van der Waals surface area contributed by atoms with Crippen LogP contribution in [0.25, 0.3) is 0 Å². The van der Waals surface area contributed by atoms with E-state index in [0.29, 0.717) is 22.6 Å². The summed E-state index contributed by atoms with van der Waals surface area (Å²) < 4.78 is 67.4. The molecule has 0 radical (unpaired) electrons. The zero-order valence-electron chi connectivity index (χ0n) is 39.9. The number of hydrogen-bond acceptors (Lipinski definition) is 10. The van der Waals surface area contributed by atoms with E-state index in [2.05, 4.69) is 64.8 Å². The number of halogens is 1. The second kappa shape index (κ2) is 21.0. The predicted molar refractivity (Wildman–Crippen MR) is 251 cm³/mol. The Morgan fingerprint density at radius 1 is 0.667 bits per heavy atom. The van der Waals surface area contributed by atoms with Gasteiger partial charge >= 0.3 is 23.1 Å². The first kappa shape index (κ1) is 55.1. The molecule has 66 heavy (non-hydrogen) atoms. The Bertz CT molecular complexity index is 2610. The van der Waals surface area contributed by atoms with Gasteiger partial charge < -0.3 is 33.8 Å². The van der Waals surface area contributed by atoms with Crippen molar-refractivity contribution in [2.24, 2.45) is 11.8 Å². The summed E-state index contributed by atoms with van der Waals surface area (Å²) in [5.41, 5.74) is 5.69. The number of ketones is 1. The quantitative estimate of drug-likeness (QED) is 0.106. The third-order valence-electron chi connectivity index (χ3n) is 13.7. The molecule has 2 heterocycles. The summed E-state index contributed by atoms with van der Waals surface area (Å²) in [7, 11) is -8.38. The van der Waals surface area contributed by atoms with E-state index in [9.17, 15) is 36.3 Å². The average molecular weight is 978 g/mol. The number of furan rings is 2. The minimum atomic E-state index is -4.20. The maximum absolute atomic E-state index is 13.0. The van der Waals surface area contributed by atoms with Crippen LogP contribution in [0.4, 0.5) is 0 Å². The zero-order chi connectivity index (χ0) is 45.9. The number of fused-ring (bicyclic) bond motifs is 8. The van der Waals surface area contributed by atoms with Crippen LogP contribution in [0.2, 0.25) is 0 Å². The van der Waals surface area contributed by atoms with Crippen LogP contribution in [0.15, 0.2) is 67.5 Å². The summed E-state index contributed by atoms with van der Waals surface area (Å²) in [6, 6.07) is 14.6. The standard InChI is InChI=1S/C25H33NO5S.C24H29NO5S.CH3.ClH.Mg/c1-14(2)18-7-6-8-19(15(3)4)20(18)12-22(27)26-32(29,30)23-13-21-24(31-23)16-9-10-17(11-16)25(21,5)28;1-13(2)17-6-5-7-18(14(3)4)19(17)11-21(26)25-31(28,29)22-12-20-23(27)15-8-9-16(10-15)24(20)30-22;;;/h6-8,13-17,28H,9-12H2,1-5H3,(H,26,27);5-7,12-16H,8-11H2,1-4H3,(H,25,26);1H3;1H;/q;;-1;;+2/p-1. The molecule has 356 valence electrons.